The van der Waals surface area contributed by atoms with E-state index in [1.807, 2.05) is 0 Å². The molecule has 0 radical (unpaired) electrons. The lowest BCUT2D eigenvalue weighted by Crippen LogP contribution is -2.06. The van der Waals surface area contributed by atoms with Crippen LogP contribution >= 0.6 is 11.3 Å². The number of aromatic nitrogens is 1. The van der Waals surface area contributed by atoms with Crippen LogP contribution in [0.25, 0.3) is 0 Å². The maximum atomic E-state index is 12.2. The highest BCUT2D eigenvalue weighted by atomic mass is 32.2. The van der Waals surface area contributed by atoms with Crippen LogP contribution in [0.4, 0.5) is 5.69 Å². The predicted octanol–water partition coefficient (Wildman–Crippen LogP) is 2.01. The highest BCUT2D eigenvalue weighted by Gasteiger charge is 2.18. The molecule has 1 heterocycles. The van der Waals surface area contributed by atoms with E-state index in [2.05, 4.69) is 4.98 Å². The minimum atomic E-state index is -3.35. The molecule has 2 N–H and O–H groups in total. The van der Waals surface area contributed by atoms with Crippen molar-refractivity contribution in [3.63, 3.8) is 0 Å². The SMILES string of the molecule is Cc1ccc(N)cc1S(=O)(=O)Cc1cncs1. The van der Waals surface area contributed by atoms with Crippen LogP contribution in [-0.4, -0.2) is 13.4 Å². The normalized spacial score (nSPS) is 11.6. The van der Waals surface area contributed by atoms with Gasteiger partial charge in [0.15, 0.2) is 9.84 Å². The molecule has 2 rings (SSSR count). The summed E-state index contributed by atoms with van der Waals surface area (Å²) >= 11 is 1.33. The molecule has 0 bridgehead atoms. The summed E-state index contributed by atoms with van der Waals surface area (Å²) in [6.45, 7) is 1.76. The maximum Gasteiger partial charge on any atom is 0.183 e. The number of aryl methyl sites for hydroxylation is 1. The Hall–Kier alpha value is -1.40. The number of nitrogens with two attached hydrogens (primary N) is 1. The highest BCUT2D eigenvalue weighted by Crippen LogP contribution is 2.23. The topological polar surface area (TPSA) is 73.1 Å². The second-order valence-electron chi connectivity index (χ2n) is 3.75. The molecule has 2 aromatic rings. The average Bonchev–Trinajstić information content (AvgIpc) is 2.73. The molecule has 1 aromatic carbocycles. The fourth-order valence-corrected chi connectivity index (χ4v) is 4.13. The second-order valence-corrected chi connectivity index (χ2v) is 6.68. The number of benzene rings is 1. The van der Waals surface area contributed by atoms with Crippen LogP contribution in [0.1, 0.15) is 10.4 Å². The number of hydrogen-bond acceptors (Lipinski definition) is 5. The van der Waals surface area contributed by atoms with Crippen molar-refractivity contribution in [2.24, 2.45) is 0 Å². The molecule has 0 aliphatic heterocycles. The number of rotatable bonds is 3. The number of anilines is 1. The van der Waals surface area contributed by atoms with Gasteiger partial charge in [0.2, 0.25) is 0 Å². The van der Waals surface area contributed by atoms with Gasteiger partial charge in [-0.05, 0) is 24.6 Å². The molecular weight excluding hydrogens is 256 g/mol. The quantitative estimate of drug-likeness (QED) is 0.864. The third kappa shape index (κ3) is 2.65. The molecule has 90 valence electrons. The van der Waals surface area contributed by atoms with Crippen LogP contribution in [-0.2, 0) is 15.6 Å². The minimum Gasteiger partial charge on any atom is -0.399 e. The molecule has 0 fully saturated rings. The number of nitrogen functional groups attached to an aromatic ring is 1. The van der Waals surface area contributed by atoms with E-state index in [0.717, 1.165) is 4.88 Å². The molecule has 1 aromatic heterocycles. The molecule has 0 atom stereocenters. The Kier molecular flexibility index (Phi) is 3.17. The Balaban J connectivity index is 2.41. The summed E-state index contributed by atoms with van der Waals surface area (Å²) in [5, 5.41) is 0. The van der Waals surface area contributed by atoms with E-state index >= 15 is 0 Å². The minimum absolute atomic E-state index is 0.0258. The predicted molar refractivity (Wildman–Crippen MR) is 68.6 cm³/mol. The Bertz CT molecular complexity index is 619. The summed E-state index contributed by atoms with van der Waals surface area (Å²) in [6.07, 6.45) is 1.57. The number of hydrogen-bond donors (Lipinski definition) is 1. The average molecular weight is 268 g/mol. The van der Waals surface area contributed by atoms with E-state index in [1.165, 1.54) is 17.4 Å². The molecule has 17 heavy (non-hydrogen) atoms. The molecule has 0 spiro atoms. The van der Waals surface area contributed by atoms with Crippen molar-refractivity contribution in [1.82, 2.24) is 4.98 Å². The van der Waals surface area contributed by atoms with Crippen LogP contribution in [0.15, 0.2) is 34.8 Å². The lowest BCUT2D eigenvalue weighted by Gasteiger charge is -2.07. The molecule has 4 nitrogen and oxygen atoms in total. The van der Waals surface area contributed by atoms with Crippen LogP contribution in [0.5, 0.6) is 0 Å². The zero-order valence-corrected chi connectivity index (χ0v) is 10.9. The molecule has 6 heteroatoms. The van der Waals surface area contributed by atoms with Gasteiger partial charge in [-0.2, -0.15) is 0 Å². The molecule has 0 aliphatic carbocycles. The first-order chi connectivity index (χ1) is 7.99. The van der Waals surface area contributed by atoms with Crippen molar-refractivity contribution in [3.8, 4) is 0 Å². The number of nitrogens with zero attached hydrogens (tertiary/aromatic N) is 1. The molecule has 0 saturated carbocycles. The molecule has 0 unspecified atom stereocenters. The lowest BCUT2D eigenvalue weighted by molar-refractivity contribution is 0.595. The zero-order chi connectivity index (χ0) is 12.5. The number of sulfone groups is 1. The fraction of sp³-hybridized carbons (Fsp3) is 0.182. The lowest BCUT2D eigenvalue weighted by atomic mass is 10.2. The first-order valence-corrected chi connectivity index (χ1v) is 7.48. The molecule has 0 aliphatic rings. The van der Waals surface area contributed by atoms with Crippen molar-refractivity contribution in [2.45, 2.75) is 17.6 Å². The molecule has 0 amide bonds. The van der Waals surface area contributed by atoms with Crippen LogP contribution in [0, 0.1) is 6.92 Å². The van der Waals surface area contributed by atoms with Crippen LogP contribution in [0.2, 0.25) is 0 Å². The van der Waals surface area contributed by atoms with Crippen LogP contribution in [0.3, 0.4) is 0 Å². The maximum absolute atomic E-state index is 12.2. The smallest absolute Gasteiger partial charge is 0.183 e. The summed E-state index contributed by atoms with van der Waals surface area (Å²) in [5.74, 6) is -0.0258. The Morgan fingerprint density at radius 1 is 1.41 bits per heavy atom. The van der Waals surface area contributed by atoms with Crippen molar-refractivity contribution >= 4 is 26.9 Å². The third-order valence-corrected chi connectivity index (χ3v) is 5.13. The Morgan fingerprint density at radius 3 is 2.82 bits per heavy atom. The fourth-order valence-electron chi connectivity index (χ4n) is 1.53. The van der Waals surface area contributed by atoms with Crippen molar-refractivity contribution < 1.29 is 8.42 Å². The van der Waals surface area contributed by atoms with E-state index in [9.17, 15) is 8.42 Å². The molecule has 0 saturated heterocycles. The Morgan fingerprint density at radius 2 is 2.18 bits per heavy atom. The van der Waals surface area contributed by atoms with Crippen LogP contribution < -0.4 is 5.73 Å². The summed E-state index contributed by atoms with van der Waals surface area (Å²) in [6, 6.07) is 4.92. The van der Waals surface area contributed by atoms with E-state index < -0.39 is 9.84 Å². The van der Waals surface area contributed by atoms with E-state index in [1.54, 1.807) is 30.8 Å². The van der Waals surface area contributed by atoms with E-state index in [0.29, 0.717) is 16.1 Å². The standard InChI is InChI=1S/C11H12N2O2S2/c1-8-2-3-9(12)4-11(8)17(14,15)6-10-5-13-7-16-10/h2-5,7H,6,12H2,1H3. The van der Waals surface area contributed by atoms with Crippen molar-refractivity contribution in [1.29, 1.82) is 0 Å². The second kappa shape index (κ2) is 4.46. The number of thiazole rings is 1. The van der Waals surface area contributed by atoms with Crippen molar-refractivity contribution in [2.75, 3.05) is 5.73 Å². The first kappa shape index (κ1) is 12.1. The summed E-state index contributed by atoms with van der Waals surface area (Å²) in [4.78, 5) is 4.90. The van der Waals surface area contributed by atoms with Gasteiger partial charge >= 0.3 is 0 Å². The summed E-state index contributed by atoms with van der Waals surface area (Å²) < 4.78 is 24.4. The van der Waals surface area contributed by atoms with Gasteiger partial charge in [0.1, 0.15) is 0 Å². The van der Waals surface area contributed by atoms with E-state index in [4.69, 9.17) is 5.73 Å². The summed E-state index contributed by atoms with van der Waals surface area (Å²) in [7, 11) is -3.35. The highest BCUT2D eigenvalue weighted by molar-refractivity contribution is 7.90. The molecular formula is C11H12N2O2S2. The summed E-state index contributed by atoms with van der Waals surface area (Å²) in [5.41, 5.74) is 8.41. The van der Waals surface area contributed by atoms with Gasteiger partial charge in [0.25, 0.3) is 0 Å². The zero-order valence-electron chi connectivity index (χ0n) is 9.25. The van der Waals surface area contributed by atoms with Gasteiger partial charge < -0.3 is 5.73 Å². The van der Waals surface area contributed by atoms with Gasteiger partial charge in [-0.15, -0.1) is 11.3 Å². The monoisotopic (exact) mass is 268 g/mol. The first-order valence-electron chi connectivity index (χ1n) is 4.95. The van der Waals surface area contributed by atoms with Gasteiger partial charge in [0.05, 0.1) is 16.2 Å². The third-order valence-electron chi connectivity index (χ3n) is 2.36. The van der Waals surface area contributed by atoms with Gasteiger partial charge in [-0.1, -0.05) is 6.07 Å². The van der Waals surface area contributed by atoms with Gasteiger partial charge in [-0.25, -0.2) is 8.42 Å². The Labute approximate surface area is 104 Å². The largest absolute Gasteiger partial charge is 0.399 e. The van der Waals surface area contributed by atoms with Gasteiger partial charge in [-0.3, -0.25) is 4.98 Å². The van der Waals surface area contributed by atoms with E-state index in [-0.39, 0.29) is 5.75 Å². The van der Waals surface area contributed by atoms with Gasteiger partial charge in [0, 0.05) is 16.8 Å². The van der Waals surface area contributed by atoms with Crippen molar-refractivity contribution in [3.05, 3.63) is 40.3 Å².